The number of halogens is 1. The van der Waals surface area contributed by atoms with Crippen LogP contribution in [0.4, 0.5) is 4.39 Å². The van der Waals surface area contributed by atoms with Crippen LogP contribution in [-0.4, -0.2) is 16.3 Å². The Bertz CT molecular complexity index is 449. The van der Waals surface area contributed by atoms with Gasteiger partial charge < -0.3 is 9.67 Å². The lowest BCUT2D eigenvalue weighted by atomic mass is 10.1. The molecule has 0 saturated heterocycles. The van der Waals surface area contributed by atoms with Crippen molar-refractivity contribution in [2.24, 2.45) is 7.05 Å². The van der Waals surface area contributed by atoms with Crippen LogP contribution in [0.1, 0.15) is 11.7 Å². The molecule has 1 N–H and O–H groups in total. The molecular formula is C11H12FNO. The van der Waals surface area contributed by atoms with E-state index in [1.807, 2.05) is 35.9 Å². The molecule has 0 saturated carbocycles. The van der Waals surface area contributed by atoms with Crippen LogP contribution >= 0.6 is 0 Å². The Morgan fingerprint density at radius 2 is 2.14 bits per heavy atom. The lowest BCUT2D eigenvalue weighted by Crippen LogP contribution is -1.97. The molecule has 0 aliphatic carbocycles. The molecule has 0 aliphatic rings. The van der Waals surface area contributed by atoms with E-state index < -0.39 is 12.8 Å². The van der Waals surface area contributed by atoms with Gasteiger partial charge in [0.15, 0.2) is 0 Å². The number of alkyl halides is 1. The summed E-state index contributed by atoms with van der Waals surface area (Å²) in [6.45, 7) is -0.742. The van der Waals surface area contributed by atoms with Crippen molar-refractivity contribution < 1.29 is 9.50 Å². The topological polar surface area (TPSA) is 25.2 Å². The van der Waals surface area contributed by atoms with Crippen molar-refractivity contribution in [2.45, 2.75) is 6.10 Å². The number of aryl methyl sites for hydroxylation is 1. The molecule has 1 aromatic heterocycles. The summed E-state index contributed by atoms with van der Waals surface area (Å²) < 4.78 is 14.2. The Kier molecular flexibility index (Phi) is 2.25. The smallest absolute Gasteiger partial charge is 0.120 e. The zero-order chi connectivity index (χ0) is 10.1. The van der Waals surface area contributed by atoms with Crippen molar-refractivity contribution in [1.82, 2.24) is 4.57 Å². The van der Waals surface area contributed by atoms with Crippen molar-refractivity contribution >= 4 is 10.9 Å². The van der Waals surface area contributed by atoms with Gasteiger partial charge in [0.1, 0.15) is 12.8 Å². The zero-order valence-electron chi connectivity index (χ0n) is 7.94. The number of hydrogen-bond acceptors (Lipinski definition) is 1. The molecule has 74 valence electrons. The first kappa shape index (κ1) is 9.21. The molecule has 0 bridgehead atoms. The lowest BCUT2D eigenvalue weighted by Gasteiger charge is -2.02. The summed E-state index contributed by atoms with van der Waals surface area (Å²) in [7, 11) is 1.89. The maximum atomic E-state index is 12.4. The van der Waals surface area contributed by atoms with E-state index >= 15 is 0 Å². The van der Waals surface area contributed by atoms with Gasteiger partial charge in [-0.05, 0) is 6.07 Å². The summed E-state index contributed by atoms with van der Waals surface area (Å²) in [6.07, 6.45) is 0.760. The fourth-order valence-electron chi connectivity index (χ4n) is 1.72. The van der Waals surface area contributed by atoms with Gasteiger partial charge in [-0.3, -0.25) is 0 Å². The van der Waals surface area contributed by atoms with Crippen LogP contribution in [0.2, 0.25) is 0 Å². The van der Waals surface area contributed by atoms with Crippen LogP contribution in [0.3, 0.4) is 0 Å². The van der Waals surface area contributed by atoms with Crippen LogP contribution in [0, 0.1) is 0 Å². The standard InChI is InChI=1S/C11H12FNO/c1-13-7-9(11(14)6-12)8-4-2-3-5-10(8)13/h2-5,7,11,14H,6H2,1H3. The van der Waals surface area contributed by atoms with Crippen LogP contribution in [-0.2, 0) is 7.05 Å². The van der Waals surface area contributed by atoms with E-state index in [1.54, 1.807) is 6.20 Å². The lowest BCUT2D eigenvalue weighted by molar-refractivity contribution is 0.143. The normalized spacial score (nSPS) is 13.4. The fraction of sp³-hybridized carbons (Fsp3) is 0.273. The van der Waals surface area contributed by atoms with Crippen LogP contribution < -0.4 is 0 Å². The molecule has 2 nitrogen and oxygen atoms in total. The van der Waals surface area contributed by atoms with Crippen molar-refractivity contribution in [2.75, 3.05) is 6.67 Å². The van der Waals surface area contributed by atoms with Crippen molar-refractivity contribution in [3.8, 4) is 0 Å². The first-order valence-corrected chi connectivity index (χ1v) is 4.52. The summed E-state index contributed by atoms with van der Waals surface area (Å²) in [6, 6.07) is 7.65. The minimum Gasteiger partial charge on any atom is -0.386 e. The third-order valence-electron chi connectivity index (χ3n) is 2.43. The number of fused-ring (bicyclic) bond motifs is 1. The summed E-state index contributed by atoms with van der Waals surface area (Å²) in [5.41, 5.74) is 1.67. The fourth-order valence-corrected chi connectivity index (χ4v) is 1.72. The number of aliphatic hydroxyl groups excluding tert-OH is 1. The molecule has 0 fully saturated rings. The predicted octanol–water partition coefficient (Wildman–Crippen LogP) is 2.18. The van der Waals surface area contributed by atoms with E-state index in [-0.39, 0.29) is 0 Å². The highest BCUT2D eigenvalue weighted by atomic mass is 19.1. The number of rotatable bonds is 2. The summed E-state index contributed by atoms with van der Waals surface area (Å²) in [4.78, 5) is 0. The highest BCUT2D eigenvalue weighted by Gasteiger charge is 2.13. The molecule has 1 unspecified atom stereocenters. The van der Waals surface area contributed by atoms with Crippen LogP contribution in [0.25, 0.3) is 10.9 Å². The van der Waals surface area contributed by atoms with Gasteiger partial charge in [-0.1, -0.05) is 18.2 Å². The molecule has 1 aromatic carbocycles. The monoisotopic (exact) mass is 193 g/mol. The van der Waals surface area contributed by atoms with Crippen LogP contribution in [0.15, 0.2) is 30.5 Å². The first-order chi connectivity index (χ1) is 6.74. The Hall–Kier alpha value is -1.35. The van der Waals surface area contributed by atoms with Gasteiger partial charge in [0, 0.05) is 29.7 Å². The molecule has 3 heteroatoms. The minimum atomic E-state index is -1.01. The minimum absolute atomic E-state index is 0.658. The van der Waals surface area contributed by atoms with Gasteiger partial charge in [-0.2, -0.15) is 0 Å². The average Bonchev–Trinajstić information content (AvgIpc) is 2.56. The number of hydrogen-bond donors (Lipinski definition) is 1. The van der Waals surface area contributed by atoms with E-state index in [9.17, 15) is 9.50 Å². The summed E-state index contributed by atoms with van der Waals surface area (Å²) >= 11 is 0. The van der Waals surface area contributed by atoms with Gasteiger partial charge in [-0.25, -0.2) is 4.39 Å². The summed E-state index contributed by atoms with van der Waals surface area (Å²) in [5, 5.41) is 10.4. The second-order valence-corrected chi connectivity index (χ2v) is 3.38. The maximum Gasteiger partial charge on any atom is 0.120 e. The molecular weight excluding hydrogens is 181 g/mol. The van der Waals surface area contributed by atoms with E-state index in [1.165, 1.54) is 0 Å². The molecule has 0 aliphatic heterocycles. The van der Waals surface area contributed by atoms with E-state index in [0.717, 1.165) is 10.9 Å². The number of nitrogens with zero attached hydrogens (tertiary/aromatic N) is 1. The molecule has 0 radical (unpaired) electrons. The number of para-hydroxylation sites is 1. The maximum absolute atomic E-state index is 12.4. The Labute approximate surface area is 81.6 Å². The third kappa shape index (κ3) is 1.30. The van der Waals surface area contributed by atoms with E-state index in [0.29, 0.717) is 5.56 Å². The van der Waals surface area contributed by atoms with Gasteiger partial charge in [0.05, 0.1) is 0 Å². The molecule has 0 spiro atoms. The second-order valence-electron chi connectivity index (χ2n) is 3.38. The Morgan fingerprint density at radius 3 is 2.86 bits per heavy atom. The first-order valence-electron chi connectivity index (χ1n) is 4.52. The van der Waals surface area contributed by atoms with Crippen molar-refractivity contribution in [3.05, 3.63) is 36.0 Å². The highest BCUT2D eigenvalue weighted by Crippen LogP contribution is 2.25. The predicted molar refractivity (Wildman–Crippen MR) is 53.9 cm³/mol. The SMILES string of the molecule is Cn1cc(C(O)CF)c2ccccc21. The van der Waals surface area contributed by atoms with Gasteiger partial charge in [0.2, 0.25) is 0 Å². The quantitative estimate of drug-likeness (QED) is 0.777. The highest BCUT2D eigenvalue weighted by molar-refractivity contribution is 5.84. The van der Waals surface area contributed by atoms with Crippen LogP contribution in [0.5, 0.6) is 0 Å². The number of aliphatic hydroxyl groups is 1. The second kappa shape index (κ2) is 3.42. The molecule has 1 heterocycles. The molecule has 1 atom stereocenters. The van der Waals surface area contributed by atoms with Gasteiger partial charge in [-0.15, -0.1) is 0 Å². The van der Waals surface area contributed by atoms with E-state index in [2.05, 4.69) is 0 Å². The Balaban J connectivity index is 2.66. The van der Waals surface area contributed by atoms with Gasteiger partial charge in [0.25, 0.3) is 0 Å². The molecule has 2 aromatic rings. The average molecular weight is 193 g/mol. The molecule has 2 rings (SSSR count). The molecule has 14 heavy (non-hydrogen) atoms. The third-order valence-corrected chi connectivity index (χ3v) is 2.43. The molecule has 0 amide bonds. The number of aromatic nitrogens is 1. The van der Waals surface area contributed by atoms with Gasteiger partial charge >= 0.3 is 0 Å². The summed E-state index contributed by atoms with van der Waals surface area (Å²) in [5.74, 6) is 0. The van der Waals surface area contributed by atoms with E-state index in [4.69, 9.17) is 0 Å². The van der Waals surface area contributed by atoms with Crippen molar-refractivity contribution in [3.63, 3.8) is 0 Å². The largest absolute Gasteiger partial charge is 0.386 e. The number of benzene rings is 1. The zero-order valence-corrected chi connectivity index (χ0v) is 7.94. The Morgan fingerprint density at radius 1 is 1.43 bits per heavy atom. The van der Waals surface area contributed by atoms with Crippen molar-refractivity contribution in [1.29, 1.82) is 0 Å².